The fourth-order valence-corrected chi connectivity index (χ4v) is 3.17. The van der Waals surface area contributed by atoms with Gasteiger partial charge in [-0.1, -0.05) is 11.3 Å². The Hall–Kier alpha value is -2.74. The molecule has 1 aliphatic heterocycles. The van der Waals surface area contributed by atoms with Crippen molar-refractivity contribution in [3.8, 4) is 0 Å². The third kappa shape index (κ3) is 2.23. The van der Waals surface area contributed by atoms with Crippen LogP contribution in [0.2, 0.25) is 0 Å². The number of pyridine rings is 1. The molecule has 0 aromatic carbocycles. The van der Waals surface area contributed by atoms with Gasteiger partial charge in [0, 0.05) is 25.5 Å². The maximum atomic E-state index is 11.1. The van der Waals surface area contributed by atoms with Crippen LogP contribution in [0, 0.1) is 0 Å². The van der Waals surface area contributed by atoms with Crippen LogP contribution in [0.4, 0.5) is 10.9 Å². The van der Waals surface area contributed by atoms with Crippen LogP contribution in [-0.4, -0.2) is 25.4 Å². The second-order valence-electron chi connectivity index (χ2n) is 4.88. The average Bonchev–Trinajstić information content (AvgIpc) is 3.10. The average molecular weight is 312 g/mol. The van der Waals surface area contributed by atoms with Crippen molar-refractivity contribution in [3.63, 3.8) is 0 Å². The Balaban J connectivity index is 1.66. The Morgan fingerprint density at radius 1 is 1.36 bits per heavy atom. The van der Waals surface area contributed by atoms with Crippen molar-refractivity contribution in [3.05, 3.63) is 36.6 Å². The largest absolute Gasteiger partial charge is 0.314 e. The minimum absolute atomic E-state index is 0.133. The summed E-state index contributed by atoms with van der Waals surface area (Å²) in [5, 5.41) is 3.26. The molecule has 0 saturated carbocycles. The molecule has 0 saturated heterocycles. The van der Waals surface area contributed by atoms with Crippen molar-refractivity contribution in [2.75, 3.05) is 10.2 Å². The Morgan fingerprint density at radius 2 is 2.27 bits per heavy atom. The van der Waals surface area contributed by atoms with Crippen LogP contribution in [0.1, 0.15) is 12.7 Å². The monoisotopic (exact) mass is 312 g/mol. The molecule has 22 heavy (non-hydrogen) atoms. The molecule has 0 radical (unpaired) electrons. The number of anilines is 2. The van der Waals surface area contributed by atoms with Crippen LogP contribution in [0.3, 0.4) is 0 Å². The van der Waals surface area contributed by atoms with E-state index in [0.717, 1.165) is 22.0 Å². The van der Waals surface area contributed by atoms with E-state index in [9.17, 15) is 4.79 Å². The summed E-state index contributed by atoms with van der Waals surface area (Å²) >= 11 is 1.37. The van der Waals surface area contributed by atoms with Crippen molar-refractivity contribution in [2.24, 2.45) is 0 Å². The van der Waals surface area contributed by atoms with Crippen LogP contribution in [0.15, 0.2) is 30.7 Å². The fourth-order valence-electron chi connectivity index (χ4n) is 2.29. The highest BCUT2D eigenvalue weighted by atomic mass is 32.1. The van der Waals surface area contributed by atoms with Crippen molar-refractivity contribution < 1.29 is 4.79 Å². The van der Waals surface area contributed by atoms with Crippen molar-refractivity contribution in [2.45, 2.75) is 13.6 Å². The standard InChI is InChI=1S/C14H12N6OS/c1-9(21)16-14-17-10-2-3-12(18-13(10)22-14)19-6-4-11-15-5-7-20(11)8-19/h2-7H,8H2,1H3,(H,16,17,21). The first kappa shape index (κ1) is 13.0. The van der Waals surface area contributed by atoms with Gasteiger partial charge >= 0.3 is 0 Å². The van der Waals surface area contributed by atoms with E-state index in [0.29, 0.717) is 11.8 Å². The van der Waals surface area contributed by atoms with Crippen LogP contribution in [0.5, 0.6) is 0 Å². The summed E-state index contributed by atoms with van der Waals surface area (Å²) in [4.78, 5) is 27.2. The van der Waals surface area contributed by atoms with Crippen LogP contribution in [-0.2, 0) is 11.5 Å². The third-order valence-electron chi connectivity index (χ3n) is 3.27. The van der Waals surface area contributed by atoms with E-state index < -0.39 is 0 Å². The highest BCUT2D eigenvalue weighted by molar-refractivity contribution is 7.21. The molecule has 3 aromatic heterocycles. The number of hydrogen-bond donors (Lipinski definition) is 1. The summed E-state index contributed by atoms with van der Waals surface area (Å²) in [5.74, 6) is 1.63. The topological polar surface area (TPSA) is 75.9 Å². The molecule has 8 heteroatoms. The Kier molecular flexibility index (Phi) is 2.90. The summed E-state index contributed by atoms with van der Waals surface area (Å²) < 4.78 is 2.04. The molecule has 1 aliphatic rings. The van der Waals surface area contributed by atoms with E-state index in [-0.39, 0.29) is 5.91 Å². The molecule has 0 atom stereocenters. The summed E-state index contributed by atoms with van der Waals surface area (Å²) in [6.45, 7) is 2.13. The lowest BCUT2D eigenvalue weighted by Gasteiger charge is -2.23. The lowest BCUT2D eigenvalue weighted by molar-refractivity contribution is -0.114. The van der Waals surface area contributed by atoms with Gasteiger partial charge in [0.15, 0.2) is 5.13 Å². The molecule has 3 aromatic rings. The Morgan fingerprint density at radius 3 is 3.14 bits per heavy atom. The van der Waals surface area contributed by atoms with Gasteiger partial charge < -0.3 is 14.8 Å². The minimum Gasteiger partial charge on any atom is -0.314 e. The highest BCUT2D eigenvalue weighted by Crippen LogP contribution is 2.27. The summed E-state index contributed by atoms with van der Waals surface area (Å²) in [6.07, 6.45) is 7.63. The van der Waals surface area contributed by atoms with Crippen molar-refractivity contribution in [1.29, 1.82) is 0 Å². The molecule has 4 rings (SSSR count). The maximum Gasteiger partial charge on any atom is 0.223 e. The summed E-state index contributed by atoms with van der Waals surface area (Å²) in [6, 6.07) is 3.84. The number of imidazole rings is 1. The van der Waals surface area contributed by atoms with E-state index in [4.69, 9.17) is 0 Å². The maximum absolute atomic E-state index is 11.1. The van der Waals surface area contributed by atoms with Crippen LogP contribution in [0.25, 0.3) is 16.4 Å². The quantitative estimate of drug-likeness (QED) is 0.786. The zero-order valence-electron chi connectivity index (χ0n) is 11.7. The van der Waals surface area contributed by atoms with E-state index in [1.54, 1.807) is 6.20 Å². The first-order chi connectivity index (χ1) is 10.7. The molecule has 0 bridgehead atoms. The van der Waals surface area contributed by atoms with Crippen LogP contribution >= 0.6 is 11.3 Å². The number of nitrogens with one attached hydrogen (secondary N) is 1. The number of amides is 1. The van der Waals surface area contributed by atoms with Gasteiger partial charge in [0.05, 0.1) is 0 Å². The molecule has 1 N–H and O–H groups in total. The van der Waals surface area contributed by atoms with Gasteiger partial charge in [0.2, 0.25) is 5.91 Å². The number of nitrogens with zero attached hydrogens (tertiary/aromatic N) is 5. The van der Waals surface area contributed by atoms with Crippen molar-refractivity contribution in [1.82, 2.24) is 19.5 Å². The SMILES string of the molecule is CC(=O)Nc1nc2ccc(N3C=Cc4nccn4C3)nc2s1. The molecular weight excluding hydrogens is 300 g/mol. The molecule has 4 heterocycles. The lowest BCUT2D eigenvalue weighted by atomic mass is 10.4. The molecule has 0 fully saturated rings. The van der Waals surface area contributed by atoms with Crippen LogP contribution < -0.4 is 10.2 Å². The molecule has 0 unspecified atom stereocenters. The predicted octanol–water partition coefficient (Wildman–Crippen LogP) is 2.29. The molecule has 0 aliphatic carbocycles. The highest BCUT2D eigenvalue weighted by Gasteiger charge is 2.14. The van der Waals surface area contributed by atoms with Gasteiger partial charge in [-0.2, -0.15) is 0 Å². The molecule has 0 spiro atoms. The predicted molar refractivity (Wildman–Crippen MR) is 85.5 cm³/mol. The van der Waals surface area contributed by atoms with Crippen molar-refractivity contribution >= 4 is 44.6 Å². The smallest absolute Gasteiger partial charge is 0.223 e. The number of carbonyl (C=O) groups is 1. The van der Waals surface area contributed by atoms with E-state index in [1.807, 2.05) is 40.1 Å². The number of aromatic nitrogens is 4. The van der Waals surface area contributed by atoms with Gasteiger partial charge in [-0.05, 0) is 18.2 Å². The van der Waals surface area contributed by atoms with E-state index in [2.05, 4.69) is 20.3 Å². The number of carbonyl (C=O) groups excluding carboxylic acids is 1. The second-order valence-corrected chi connectivity index (χ2v) is 5.85. The normalized spacial score (nSPS) is 13.4. The third-order valence-corrected chi connectivity index (χ3v) is 4.15. The van der Waals surface area contributed by atoms with E-state index in [1.165, 1.54) is 18.3 Å². The Bertz CT molecular complexity index is 896. The minimum atomic E-state index is -0.133. The number of hydrogen-bond acceptors (Lipinski definition) is 6. The summed E-state index contributed by atoms with van der Waals surface area (Å²) in [7, 11) is 0. The van der Waals surface area contributed by atoms with Gasteiger partial charge in [-0.15, -0.1) is 0 Å². The zero-order chi connectivity index (χ0) is 15.1. The molecule has 1 amide bonds. The van der Waals surface area contributed by atoms with E-state index >= 15 is 0 Å². The van der Waals surface area contributed by atoms with Gasteiger partial charge in [0.1, 0.15) is 28.7 Å². The molecule has 110 valence electrons. The summed E-state index contributed by atoms with van der Waals surface area (Å²) in [5.41, 5.74) is 0.779. The number of rotatable bonds is 2. The zero-order valence-corrected chi connectivity index (χ0v) is 12.5. The van der Waals surface area contributed by atoms with Gasteiger partial charge in [-0.3, -0.25) is 4.79 Å². The lowest BCUT2D eigenvalue weighted by Crippen LogP contribution is -2.24. The number of thiazole rings is 1. The molecule has 7 nitrogen and oxygen atoms in total. The second kappa shape index (κ2) is 4.92. The molecular formula is C14H12N6OS. The van der Waals surface area contributed by atoms with Gasteiger partial charge in [0.25, 0.3) is 0 Å². The van der Waals surface area contributed by atoms with Gasteiger partial charge in [-0.25, -0.2) is 15.0 Å². The Labute approximate surface area is 129 Å². The number of fused-ring (bicyclic) bond motifs is 2. The first-order valence-corrected chi connectivity index (χ1v) is 7.52. The first-order valence-electron chi connectivity index (χ1n) is 6.70. The fraction of sp³-hybridized carbons (Fsp3) is 0.143.